The number of likely N-dealkylation sites (N-methyl/N-ethyl adjacent to an activating group) is 1. The number of nitrogens with zero attached hydrogens (tertiary/aromatic N) is 1. The molecule has 0 aliphatic carbocycles. The van der Waals surface area contributed by atoms with Gasteiger partial charge in [-0.1, -0.05) is 0 Å². The minimum atomic E-state index is -5.77. The van der Waals surface area contributed by atoms with Crippen molar-refractivity contribution in [3.63, 3.8) is 0 Å². The topological polar surface area (TPSA) is 49.4 Å². The highest BCUT2D eigenvalue weighted by atomic mass is 19.4. The van der Waals surface area contributed by atoms with Crippen molar-refractivity contribution in [3.05, 3.63) is 0 Å². The third kappa shape index (κ3) is 7.11. The fourth-order valence-corrected chi connectivity index (χ4v) is 1.03. The van der Waals surface area contributed by atoms with Crippen molar-refractivity contribution in [2.45, 2.75) is 12.4 Å². The van der Waals surface area contributed by atoms with E-state index >= 15 is 0 Å². The summed E-state index contributed by atoms with van der Waals surface area (Å²) < 4.78 is 67.0. The Kier molecular flexibility index (Phi) is 6.43. The summed E-state index contributed by atoms with van der Waals surface area (Å²) in [6, 6.07) is 0. The Morgan fingerprint density at radius 2 is 1.21 bits per heavy atom. The van der Waals surface area contributed by atoms with Gasteiger partial charge in [-0.25, -0.2) is 0 Å². The zero-order chi connectivity index (χ0) is 15.3. The van der Waals surface area contributed by atoms with E-state index in [2.05, 4.69) is 17.3 Å². The summed E-state index contributed by atoms with van der Waals surface area (Å²) in [6.45, 7) is 4.74. The summed E-state index contributed by atoms with van der Waals surface area (Å²) in [5.74, 6) is -6.81. The van der Waals surface area contributed by atoms with Crippen LogP contribution in [-0.2, 0) is 9.59 Å². The van der Waals surface area contributed by atoms with Crippen LogP contribution in [0.4, 0.5) is 26.3 Å². The van der Waals surface area contributed by atoms with Crippen LogP contribution in [0.5, 0.6) is 0 Å². The molecule has 0 saturated carbocycles. The average molecular weight is 296 g/mol. The van der Waals surface area contributed by atoms with Gasteiger partial charge in [0.1, 0.15) is 0 Å². The molecule has 1 saturated heterocycles. The van der Waals surface area contributed by atoms with E-state index in [9.17, 15) is 35.9 Å². The largest absolute Gasteiger partial charge is 0.458 e. The molecule has 1 aliphatic rings. The van der Waals surface area contributed by atoms with Crippen molar-refractivity contribution in [2.75, 3.05) is 33.2 Å². The third-order valence-corrected chi connectivity index (χ3v) is 2.06. The van der Waals surface area contributed by atoms with E-state index in [1.54, 1.807) is 0 Å². The van der Waals surface area contributed by atoms with E-state index in [1.165, 1.54) is 13.1 Å². The van der Waals surface area contributed by atoms with Crippen LogP contribution in [-0.4, -0.2) is 62.0 Å². The zero-order valence-corrected chi connectivity index (χ0v) is 9.86. The normalized spacial score (nSPS) is 17.4. The molecule has 0 unspecified atom stereocenters. The van der Waals surface area contributed by atoms with Gasteiger partial charge in [0.25, 0.3) is 0 Å². The summed E-state index contributed by atoms with van der Waals surface area (Å²) in [7, 11) is 2.15. The van der Waals surface area contributed by atoms with Crippen LogP contribution in [0.15, 0.2) is 0 Å². The summed E-state index contributed by atoms with van der Waals surface area (Å²) in [5, 5.41) is 3.27. The number of hydrogen-bond acceptors (Lipinski definition) is 4. The number of nitrogens with one attached hydrogen (secondary N) is 1. The molecule has 112 valence electrons. The van der Waals surface area contributed by atoms with Gasteiger partial charge in [0.15, 0.2) is 0 Å². The molecule has 10 heteroatoms. The molecule has 1 heterocycles. The molecule has 0 amide bonds. The molecule has 19 heavy (non-hydrogen) atoms. The molecule has 1 aliphatic heterocycles. The molecule has 0 aromatic rings. The Labute approximate surface area is 104 Å². The van der Waals surface area contributed by atoms with Crippen molar-refractivity contribution >= 4 is 11.6 Å². The molecular weight excluding hydrogens is 284 g/mol. The average Bonchev–Trinajstić information content (AvgIpc) is 2.26. The van der Waals surface area contributed by atoms with Crippen molar-refractivity contribution in [1.82, 2.24) is 10.2 Å². The quantitative estimate of drug-likeness (QED) is 0.336. The van der Waals surface area contributed by atoms with Gasteiger partial charge in [0.2, 0.25) is 0 Å². The second kappa shape index (κ2) is 6.85. The van der Waals surface area contributed by atoms with E-state index < -0.39 is 23.9 Å². The van der Waals surface area contributed by atoms with Crippen LogP contribution in [0.25, 0.3) is 0 Å². The first-order chi connectivity index (χ1) is 8.46. The van der Waals surface area contributed by atoms with Crippen LogP contribution >= 0.6 is 0 Å². The van der Waals surface area contributed by atoms with Gasteiger partial charge in [0, 0.05) is 26.2 Å². The summed E-state index contributed by atoms with van der Waals surface area (Å²) >= 11 is 0. The Morgan fingerprint density at radius 3 is 1.37 bits per heavy atom. The first kappa shape index (κ1) is 17.8. The molecule has 1 rings (SSSR count). The minimum absolute atomic E-state index is 1.16. The molecule has 0 aromatic carbocycles. The van der Waals surface area contributed by atoms with Gasteiger partial charge < -0.3 is 10.2 Å². The second-order valence-electron chi connectivity index (χ2n) is 3.71. The number of halogens is 6. The van der Waals surface area contributed by atoms with E-state index in [0.717, 1.165) is 13.1 Å². The smallest absolute Gasteiger partial charge is 0.314 e. The minimum Gasteiger partial charge on any atom is -0.314 e. The summed E-state index contributed by atoms with van der Waals surface area (Å²) in [5.41, 5.74) is 0. The Balaban J connectivity index is 0.000000388. The second-order valence-corrected chi connectivity index (χ2v) is 3.71. The van der Waals surface area contributed by atoms with Gasteiger partial charge in [0.05, 0.1) is 0 Å². The number of carbonyl (C=O) groups excluding carboxylic acids is 2. The van der Waals surface area contributed by atoms with Gasteiger partial charge in [-0.15, -0.1) is 0 Å². The van der Waals surface area contributed by atoms with Gasteiger partial charge in [-0.05, 0) is 7.05 Å². The SMILES string of the molecule is CN1CC[15NH]C[13CH2]1.O=C(C(=O)C(F)(F)F)C(F)(F)F. The first-order valence-electron chi connectivity index (χ1n) is 5.08. The lowest BCUT2D eigenvalue weighted by molar-refractivity contribution is -0.193. The molecule has 0 radical (unpaired) electrons. The van der Waals surface area contributed by atoms with E-state index in [1.807, 2.05) is 0 Å². The van der Waals surface area contributed by atoms with Crippen LogP contribution < -0.4 is 5.32 Å². The van der Waals surface area contributed by atoms with Crippen molar-refractivity contribution in [1.29, 1.82) is 0 Å². The van der Waals surface area contributed by atoms with Crippen molar-refractivity contribution in [2.24, 2.45) is 0 Å². The molecule has 0 bridgehead atoms. The number of alkyl halides is 6. The summed E-state index contributed by atoms with van der Waals surface area (Å²) in [4.78, 5) is 21.6. The standard InChI is InChI=1S/C5H12N2.C4F6O2/c1-7-4-2-6-3-5-7;5-3(6,7)1(11)2(12)4(8,9)10/h6H,2-5H2,1H3;/i4+1,6+1;. The lowest BCUT2D eigenvalue weighted by Gasteiger charge is -2.21. The predicted octanol–water partition coefficient (Wildman–Crippen LogP) is 0.771. The van der Waals surface area contributed by atoms with E-state index in [4.69, 9.17) is 0 Å². The first-order valence-corrected chi connectivity index (χ1v) is 5.08. The van der Waals surface area contributed by atoms with E-state index in [-0.39, 0.29) is 0 Å². The van der Waals surface area contributed by atoms with Crippen molar-refractivity contribution < 1.29 is 35.9 Å². The number of carbonyl (C=O) groups is 2. The fourth-order valence-electron chi connectivity index (χ4n) is 1.03. The predicted molar refractivity (Wildman–Crippen MR) is 52.5 cm³/mol. The molecule has 1 N–H and O–H groups in total. The number of Topliss-reactive ketones (excluding diaryl/α,β-unsaturated/α-hetero) is 2. The van der Waals surface area contributed by atoms with Crippen LogP contribution in [0.3, 0.4) is 0 Å². The Bertz CT molecular complexity index is 296. The highest BCUT2D eigenvalue weighted by Crippen LogP contribution is 2.23. The maximum Gasteiger partial charge on any atom is 0.458 e. The summed E-state index contributed by atoms with van der Waals surface area (Å²) in [6.07, 6.45) is -11.5. The number of rotatable bonds is 1. The molecular formula is C9H12F6N2O2. The fraction of sp³-hybridized carbons (Fsp3) is 0.778. The van der Waals surface area contributed by atoms with E-state index in [0.29, 0.717) is 0 Å². The maximum atomic E-state index is 11.2. The Morgan fingerprint density at radius 1 is 0.895 bits per heavy atom. The van der Waals surface area contributed by atoms with Gasteiger partial charge >= 0.3 is 23.9 Å². The zero-order valence-electron chi connectivity index (χ0n) is 9.86. The number of piperazine rings is 1. The molecule has 1 fully saturated rings. The highest BCUT2D eigenvalue weighted by molar-refractivity contribution is 6.41. The van der Waals surface area contributed by atoms with Crippen LogP contribution in [0, 0.1) is 0 Å². The van der Waals surface area contributed by atoms with Gasteiger partial charge in [-0.2, -0.15) is 26.3 Å². The number of ketones is 2. The van der Waals surface area contributed by atoms with Crippen molar-refractivity contribution in [3.8, 4) is 0 Å². The maximum absolute atomic E-state index is 11.2. The highest BCUT2D eigenvalue weighted by Gasteiger charge is 2.54. The van der Waals surface area contributed by atoms with Crippen LogP contribution in [0.1, 0.15) is 0 Å². The molecule has 4 nitrogen and oxygen atoms in total. The lowest BCUT2D eigenvalue weighted by atomic mass is 10.2. The molecule has 0 atom stereocenters. The van der Waals surface area contributed by atoms with Crippen LogP contribution in [0.2, 0.25) is 0 Å². The number of hydrogen-bond donors (Lipinski definition) is 1. The molecule has 0 spiro atoms. The third-order valence-electron chi connectivity index (χ3n) is 2.06. The lowest BCUT2D eigenvalue weighted by Crippen LogP contribution is -2.40. The monoisotopic (exact) mass is 296 g/mol. The molecule has 0 aromatic heterocycles. The Hall–Kier alpha value is -1.16. The van der Waals surface area contributed by atoms with Gasteiger partial charge in [-0.3, -0.25) is 9.59 Å².